The van der Waals surface area contributed by atoms with Gasteiger partial charge in [0.25, 0.3) is 0 Å². The first-order valence-electron chi connectivity index (χ1n) is 5.67. The molecule has 94 valence electrons. The SMILES string of the molecule is CCOC(=O)c1nc(-c2ccccc2)oc1NC. The maximum Gasteiger partial charge on any atom is 0.362 e. The van der Waals surface area contributed by atoms with Crippen LogP contribution in [-0.4, -0.2) is 24.6 Å². The van der Waals surface area contributed by atoms with E-state index in [2.05, 4.69) is 10.3 Å². The number of carbonyl (C=O) groups is 1. The van der Waals surface area contributed by atoms with E-state index in [1.807, 2.05) is 30.3 Å². The summed E-state index contributed by atoms with van der Waals surface area (Å²) in [5.41, 5.74) is 0.975. The normalized spacial score (nSPS) is 10.1. The van der Waals surface area contributed by atoms with Crippen molar-refractivity contribution >= 4 is 11.9 Å². The second kappa shape index (κ2) is 5.35. The quantitative estimate of drug-likeness (QED) is 0.840. The number of rotatable bonds is 4. The van der Waals surface area contributed by atoms with Crippen molar-refractivity contribution in [3.63, 3.8) is 0 Å². The molecule has 1 aromatic heterocycles. The minimum absolute atomic E-state index is 0.165. The fraction of sp³-hybridized carbons (Fsp3) is 0.231. The maximum atomic E-state index is 11.7. The molecule has 0 spiro atoms. The van der Waals surface area contributed by atoms with Crippen LogP contribution in [0.5, 0.6) is 0 Å². The molecule has 0 atom stereocenters. The Balaban J connectivity index is 2.38. The smallest absolute Gasteiger partial charge is 0.362 e. The molecular weight excluding hydrogens is 232 g/mol. The van der Waals surface area contributed by atoms with Crippen molar-refractivity contribution in [3.8, 4) is 11.5 Å². The lowest BCUT2D eigenvalue weighted by Gasteiger charge is -1.98. The molecule has 0 unspecified atom stereocenters. The second-order valence-corrected chi connectivity index (χ2v) is 3.53. The molecule has 0 radical (unpaired) electrons. The van der Waals surface area contributed by atoms with Gasteiger partial charge in [0.2, 0.25) is 17.5 Å². The van der Waals surface area contributed by atoms with Crippen molar-refractivity contribution in [3.05, 3.63) is 36.0 Å². The van der Waals surface area contributed by atoms with Crippen LogP contribution in [0.25, 0.3) is 11.5 Å². The van der Waals surface area contributed by atoms with Crippen molar-refractivity contribution < 1.29 is 13.9 Å². The van der Waals surface area contributed by atoms with E-state index in [-0.39, 0.29) is 5.69 Å². The molecular formula is C13H14N2O3. The molecule has 5 heteroatoms. The highest BCUT2D eigenvalue weighted by atomic mass is 16.5. The van der Waals surface area contributed by atoms with E-state index in [4.69, 9.17) is 9.15 Å². The van der Waals surface area contributed by atoms with Gasteiger partial charge in [0, 0.05) is 12.6 Å². The fourth-order valence-electron chi connectivity index (χ4n) is 1.53. The van der Waals surface area contributed by atoms with Gasteiger partial charge in [0.15, 0.2) is 0 Å². The highest BCUT2D eigenvalue weighted by Gasteiger charge is 2.20. The summed E-state index contributed by atoms with van der Waals surface area (Å²) in [4.78, 5) is 15.9. The highest BCUT2D eigenvalue weighted by Crippen LogP contribution is 2.25. The summed E-state index contributed by atoms with van der Waals surface area (Å²) in [6.07, 6.45) is 0. The Labute approximate surface area is 105 Å². The van der Waals surface area contributed by atoms with Crippen LogP contribution in [0.4, 0.5) is 5.88 Å². The zero-order valence-corrected chi connectivity index (χ0v) is 10.3. The van der Waals surface area contributed by atoms with Gasteiger partial charge in [-0.2, -0.15) is 4.98 Å². The summed E-state index contributed by atoms with van der Waals surface area (Å²) in [5, 5.41) is 2.80. The maximum absolute atomic E-state index is 11.7. The topological polar surface area (TPSA) is 64.4 Å². The summed E-state index contributed by atoms with van der Waals surface area (Å²) in [6, 6.07) is 9.38. The van der Waals surface area contributed by atoms with Gasteiger partial charge >= 0.3 is 5.97 Å². The highest BCUT2D eigenvalue weighted by molar-refractivity contribution is 5.92. The molecule has 1 heterocycles. The molecule has 1 N–H and O–H groups in total. The first-order valence-corrected chi connectivity index (χ1v) is 5.67. The van der Waals surface area contributed by atoms with Gasteiger partial charge in [-0.05, 0) is 19.1 Å². The molecule has 1 aromatic carbocycles. The number of nitrogens with zero attached hydrogens (tertiary/aromatic N) is 1. The largest absolute Gasteiger partial charge is 0.461 e. The van der Waals surface area contributed by atoms with E-state index >= 15 is 0 Å². The predicted octanol–water partition coefficient (Wildman–Crippen LogP) is 2.56. The van der Waals surface area contributed by atoms with Crippen molar-refractivity contribution in [2.24, 2.45) is 0 Å². The summed E-state index contributed by atoms with van der Waals surface area (Å²) in [7, 11) is 1.66. The Morgan fingerprint density at radius 1 is 1.39 bits per heavy atom. The average Bonchev–Trinajstić information content (AvgIpc) is 2.84. The van der Waals surface area contributed by atoms with Gasteiger partial charge in [-0.3, -0.25) is 0 Å². The van der Waals surface area contributed by atoms with Crippen LogP contribution in [-0.2, 0) is 4.74 Å². The fourth-order valence-corrected chi connectivity index (χ4v) is 1.53. The van der Waals surface area contributed by atoms with E-state index in [1.165, 1.54) is 0 Å². The molecule has 0 saturated heterocycles. The number of hydrogen-bond donors (Lipinski definition) is 1. The van der Waals surface area contributed by atoms with Gasteiger partial charge in [-0.25, -0.2) is 4.79 Å². The van der Waals surface area contributed by atoms with Crippen LogP contribution in [0.3, 0.4) is 0 Å². The summed E-state index contributed by atoms with van der Waals surface area (Å²) >= 11 is 0. The number of ether oxygens (including phenoxy) is 1. The molecule has 0 amide bonds. The van der Waals surface area contributed by atoms with Crippen LogP contribution in [0.15, 0.2) is 34.7 Å². The molecule has 5 nitrogen and oxygen atoms in total. The van der Waals surface area contributed by atoms with E-state index in [9.17, 15) is 4.79 Å². The van der Waals surface area contributed by atoms with Crippen molar-refractivity contribution in [1.29, 1.82) is 0 Å². The zero-order chi connectivity index (χ0) is 13.0. The molecule has 0 aliphatic carbocycles. The molecule has 0 fully saturated rings. The first-order chi connectivity index (χ1) is 8.76. The Morgan fingerprint density at radius 3 is 2.72 bits per heavy atom. The summed E-state index contributed by atoms with van der Waals surface area (Å²) < 4.78 is 10.4. The molecule has 18 heavy (non-hydrogen) atoms. The average molecular weight is 246 g/mol. The van der Waals surface area contributed by atoms with E-state index < -0.39 is 5.97 Å². The van der Waals surface area contributed by atoms with Gasteiger partial charge in [0.1, 0.15) is 0 Å². The predicted molar refractivity (Wildman–Crippen MR) is 67.4 cm³/mol. The molecule has 0 aliphatic rings. The van der Waals surface area contributed by atoms with Crippen molar-refractivity contribution in [1.82, 2.24) is 4.98 Å². The van der Waals surface area contributed by atoms with Gasteiger partial charge < -0.3 is 14.5 Å². The lowest BCUT2D eigenvalue weighted by atomic mass is 10.2. The monoisotopic (exact) mass is 246 g/mol. The van der Waals surface area contributed by atoms with Gasteiger partial charge in [-0.15, -0.1) is 0 Å². The molecule has 0 aliphatic heterocycles. The third kappa shape index (κ3) is 2.34. The van der Waals surface area contributed by atoms with Crippen LogP contribution >= 0.6 is 0 Å². The first kappa shape index (κ1) is 12.2. The third-order valence-electron chi connectivity index (χ3n) is 2.34. The van der Waals surface area contributed by atoms with Gasteiger partial charge in [-0.1, -0.05) is 18.2 Å². The number of oxazole rings is 1. The molecule has 2 aromatic rings. The number of anilines is 1. The van der Waals surface area contributed by atoms with Crippen LogP contribution in [0.1, 0.15) is 17.4 Å². The number of benzene rings is 1. The Hall–Kier alpha value is -2.30. The van der Waals surface area contributed by atoms with E-state index in [0.717, 1.165) is 5.56 Å². The minimum Gasteiger partial charge on any atom is -0.461 e. The van der Waals surface area contributed by atoms with Crippen LogP contribution < -0.4 is 5.32 Å². The minimum atomic E-state index is -0.493. The van der Waals surface area contributed by atoms with Crippen molar-refractivity contribution in [2.75, 3.05) is 19.0 Å². The zero-order valence-electron chi connectivity index (χ0n) is 10.3. The number of esters is 1. The summed E-state index contributed by atoms with van der Waals surface area (Å²) in [5.74, 6) is 0.211. The molecule has 0 bridgehead atoms. The molecule has 0 saturated carbocycles. The third-order valence-corrected chi connectivity index (χ3v) is 2.34. The van der Waals surface area contributed by atoms with Gasteiger partial charge in [0.05, 0.1) is 6.61 Å². The van der Waals surface area contributed by atoms with E-state index in [1.54, 1.807) is 14.0 Å². The van der Waals surface area contributed by atoms with E-state index in [0.29, 0.717) is 18.4 Å². The lowest BCUT2D eigenvalue weighted by molar-refractivity contribution is 0.0521. The second-order valence-electron chi connectivity index (χ2n) is 3.53. The number of hydrogen-bond acceptors (Lipinski definition) is 5. The van der Waals surface area contributed by atoms with Crippen LogP contribution in [0, 0.1) is 0 Å². The Morgan fingerprint density at radius 2 is 2.11 bits per heavy atom. The number of nitrogens with one attached hydrogen (secondary N) is 1. The molecule has 2 rings (SSSR count). The number of carbonyl (C=O) groups excluding carboxylic acids is 1. The lowest BCUT2D eigenvalue weighted by Crippen LogP contribution is -2.07. The standard InChI is InChI=1S/C13H14N2O3/c1-3-17-13(16)10-12(14-2)18-11(15-10)9-7-5-4-6-8-9/h4-8,14H,3H2,1-2H3. The summed E-state index contributed by atoms with van der Waals surface area (Å²) in [6.45, 7) is 2.05. The Kier molecular flexibility index (Phi) is 3.62. The number of aromatic nitrogens is 1. The Bertz CT molecular complexity index is 534. The van der Waals surface area contributed by atoms with Crippen LogP contribution in [0.2, 0.25) is 0 Å². The van der Waals surface area contributed by atoms with Crippen molar-refractivity contribution in [2.45, 2.75) is 6.92 Å².